The van der Waals surface area contributed by atoms with E-state index in [1.807, 2.05) is 56.3 Å². The first-order valence-electron chi connectivity index (χ1n) is 20.6. The summed E-state index contributed by atoms with van der Waals surface area (Å²) in [5.74, 6) is -0.832. The number of ether oxygens (including phenoxy) is 1. The fourth-order valence-corrected chi connectivity index (χ4v) is 9.42. The number of aliphatic hydroxyl groups excluding tert-OH is 1. The zero-order valence-electron chi connectivity index (χ0n) is 33.5. The van der Waals surface area contributed by atoms with Gasteiger partial charge in [-0.1, -0.05) is 50.6 Å². The van der Waals surface area contributed by atoms with Crippen LogP contribution < -0.4 is 16.1 Å². The van der Waals surface area contributed by atoms with Crippen LogP contribution in [0.25, 0.3) is 33.3 Å². The molecule has 2 aromatic heterocycles. The van der Waals surface area contributed by atoms with E-state index in [0.717, 1.165) is 55.0 Å². The van der Waals surface area contributed by atoms with E-state index in [9.17, 15) is 27.9 Å². The van der Waals surface area contributed by atoms with Crippen LogP contribution >= 0.6 is 0 Å². The van der Waals surface area contributed by atoms with Crippen molar-refractivity contribution in [2.45, 2.75) is 103 Å². The number of nitrogens with two attached hydrogens (primary N) is 1. The van der Waals surface area contributed by atoms with Gasteiger partial charge in [0.25, 0.3) is 5.91 Å². The number of hydrazine groups is 1. The molecule has 4 atom stereocenters. The van der Waals surface area contributed by atoms with E-state index in [2.05, 4.69) is 15.2 Å². The average Bonchev–Trinajstić information content (AvgIpc) is 3.48. The van der Waals surface area contributed by atoms with Gasteiger partial charge in [0.2, 0.25) is 0 Å². The molecule has 0 unspecified atom stereocenters. The number of fused-ring (bicyclic) bond motifs is 7. The Bertz CT molecular complexity index is 2190. The number of halogens is 3. The Hall–Kier alpha value is -4.50. The zero-order valence-corrected chi connectivity index (χ0v) is 33.5. The molecule has 3 fully saturated rings. The first-order chi connectivity index (χ1) is 27.6. The number of alkyl halides is 3. The Labute approximate surface area is 337 Å². The number of amides is 1. The first kappa shape index (κ1) is 40.3. The van der Waals surface area contributed by atoms with Crippen LogP contribution in [0.5, 0.6) is 0 Å². The van der Waals surface area contributed by atoms with Crippen LogP contribution in [-0.4, -0.2) is 100 Å². The number of cyclic esters (lactones) is 1. The van der Waals surface area contributed by atoms with Crippen molar-refractivity contribution in [2.24, 2.45) is 11.1 Å². The van der Waals surface area contributed by atoms with Crippen molar-refractivity contribution in [3.8, 4) is 22.4 Å². The highest BCUT2D eigenvalue weighted by atomic mass is 19.4. The van der Waals surface area contributed by atoms with E-state index < -0.39 is 42.3 Å². The second kappa shape index (κ2) is 15.9. The molecule has 6 heterocycles. The third kappa shape index (κ3) is 8.34. The van der Waals surface area contributed by atoms with E-state index in [-0.39, 0.29) is 31.0 Å². The van der Waals surface area contributed by atoms with Crippen LogP contribution in [0, 0.1) is 5.41 Å². The zero-order chi connectivity index (χ0) is 40.9. The van der Waals surface area contributed by atoms with Gasteiger partial charge in [-0.2, -0.15) is 13.2 Å². The topological polar surface area (TPSA) is 129 Å². The number of benzene rings is 2. The number of anilines is 1. The summed E-state index contributed by atoms with van der Waals surface area (Å²) < 4.78 is 51.7. The largest absolute Gasteiger partial charge is 0.464 e. The molecule has 11 nitrogen and oxygen atoms in total. The fraction of sp³-hybridized carbons (Fsp3) is 0.523. The highest BCUT2D eigenvalue weighted by Gasteiger charge is 2.37. The number of rotatable bonds is 4. The van der Waals surface area contributed by atoms with Gasteiger partial charge in [0.15, 0.2) is 0 Å². The van der Waals surface area contributed by atoms with Gasteiger partial charge >= 0.3 is 12.1 Å². The Morgan fingerprint density at radius 3 is 2.62 bits per heavy atom. The van der Waals surface area contributed by atoms with Crippen LogP contribution in [0.2, 0.25) is 0 Å². The summed E-state index contributed by atoms with van der Waals surface area (Å²) in [6.45, 7) is 8.09. The maximum absolute atomic E-state index is 14.8. The van der Waals surface area contributed by atoms with Gasteiger partial charge in [0, 0.05) is 54.1 Å². The van der Waals surface area contributed by atoms with Crippen LogP contribution in [0.4, 0.5) is 18.9 Å². The number of pyridine rings is 1. The highest BCUT2D eigenvalue weighted by Crippen LogP contribution is 2.44. The molecule has 3 saturated heterocycles. The molecule has 0 saturated carbocycles. The summed E-state index contributed by atoms with van der Waals surface area (Å²) in [4.78, 5) is 36.6. The van der Waals surface area contributed by atoms with Crippen molar-refractivity contribution in [1.82, 2.24) is 24.9 Å². The van der Waals surface area contributed by atoms with Crippen molar-refractivity contribution in [2.75, 3.05) is 44.2 Å². The Morgan fingerprint density at radius 2 is 1.83 bits per heavy atom. The number of carbonyl (C=O) groups is 2. The predicted octanol–water partition coefficient (Wildman–Crippen LogP) is 6.15. The Kier molecular flexibility index (Phi) is 11.1. The van der Waals surface area contributed by atoms with Crippen molar-refractivity contribution < 1.29 is 32.6 Å². The monoisotopic (exact) mass is 801 g/mol. The number of esters is 1. The lowest BCUT2D eigenvalue weighted by atomic mass is 9.84. The summed E-state index contributed by atoms with van der Waals surface area (Å²) in [7, 11) is 0. The molecule has 4 aliphatic heterocycles. The normalized spacial score (nSPS) is 24.0. The van der Waals surface area contributed by atoms with Gasteiger partial charge in [-0.25, -0.2) is 5.43 Å². The Balaban J connectivity index is 1.31. The maximum Gasteiger partial charge on any atom is 0.406 e. The summed E-state index contributed by atoms with van der Waals surface area (Å²) in [6.07, 6.45) is 1.08. The fourth-order valence-electron chi connectivity index (χ4n) is 9.42. The number of piperidine rings is 1. The van der Waals surface area contributed by atoms with E-state index in [1.54, 1.807) is 19.2 Å². The van der Waals surface area contributed by atoms with Crippen molar-refractivity contribution >= 4 is 28.5 Å². The lowest BCUT2D eigenvalue weighted by molar-refractivity contribution is -0.155. The SMILES string of the molecule is C[C@H](O)c1ncc(N2CCN3CCCC[C@@H]3C2)cc1-c1c2c3cc(ccc3n1CC(F)(F)F)-c1cccc(c1)C[C@H](N)C(=O)N1CCC[C@H](N1)C(=O)OCC(C)(C)C2. The second-order valence-electron chi connectivity index (χ2n) is 17.5. The van der Waals surface area contributed by atoms with Gasteiger partial charge in [-0.15, -0.1) is 0 Å². The number of nitrogens with zero attached hydrogens (tertiary/aromatic N) is 5. The van der Waals surface area contributed by atoms with Crippen molar-refractivity contribution in [3.05, 3.63) is 71.5 Å². The molecule has 58 heavy (non-hydrogen) atoms. The minimum absolute atomic E-state index is 0.0300. The number of piperazine rings is 1. The van der Waals surface area contributed by atoms with E-state index in [0.29, 0.717) is 53.2 Å². The second-order valence-corrected chi connectivity index (χ2v) is 17.5. The van der Waals surface area contributed by atoms with Gasteiger partial charge in [0.05, 0.1) is 42.0 Å². The molecule has 14 heteroatoms. The van der Waals surface area contributed by atoms with Gasteiger partial charge in [0.1, 0.15) is 12.6 Å². The molecular formula is C44H54F3N7O4. The smallest absolute Gasteiger partial charge is 0.406 e. The molecular weight excluding hydrogens is 748 g/mol. The molecule has 1 amide bonds. The maximum atomic E-state index is 14.8. The van der Waals surface area contributed by atoms with Crippen LogP contribution in [0.3, 0.4) is 0 Å². The van der Waals surface area contributed by atoms with Crippen LogP contribution in [-0.2, 0) is 33.7 Å². The van der Waals surface area contributed by atoms with Gasteiger partial charge in [-0.3, -0.25) is 24.5 Å². The lowest BCUT2D eigenvalue weighted by Gasteiger charge is -2.45. The van der Waals surface area contributed by atoms with E-state index in [1.165, 1.54) is 22.4 Å². The summed E-state index contributed by atoms with van der Waals surface area (Å²) in [6, 6.07) is 13.9. The molecule has 2 aromatic carbocycles. The standard InChI is InChI=1S/C44H54F3N7O4/c1-27(55)39-34(21-32(23-49-39)52-17-16-51-14-5-4-10-31(51)24-52)40-35-22-43(2,3)26-58-42(57)37-11-7-15-54(50-37)41(56)36(48)19-28-8-6-9-29(18-28)30-12-13-38(33(35)20-30)53(40)25-44(45,46)47/h6,8-9,12-13,18,20-21,23,27,31,36-37,50,55H,4-5,7,10-11,14-17,19,22,24-26,48H2,1-3H3/t27-,31+,36-,37-/m0/s1. The van der Waals surface area contributed by atoms with Gasteiger partial charge < -0.3 is 25.0 Å². The highest BCUT2D eigenvalue weighted by molar-refractivity contribution is 5.96. The summed E-state index contributed by atoms with van der Waals surface area (Å²) in [5.41, 5.74) is 14.1. The molecule has 0 radical (unpaired) electrons. The summed E-state index contributed by atoms with van der Waals surface area (Å²) in [5, 5.41) is 13.2. The Morgan fingerprint density at radius 1 is 1.02 bits per heavy atom. The number of aliphatic hydroxyl groups is 1. The quantitative estimate of drug-likeness (QED) is 0.208. The number of nitrogens with one attached hydrogen (secondary N) is 1. The first-order valence-corrected chi connectivity index (χ1v) is 20.6. The lowest BCUT2D eigenvalue weighted by Crippen LogP contribution is -2.59. The van der Waals surface area contributed by atoms with E-state index >= 15 is 0 Å². The minimum Gasteiger partial charge on any atom is -0.464 e. The third-order valence-electron chi connectivity index (χ3n) is 12.3. The minimum atomic E-state index is -4.58. The molecule has 6 bridgehead atoms. The molecule has 4 aromatic rings. The van der Waals surface area contributed by atoms with Crippen LogP contribution in [0.1, 0.15) is 75.8 Å². The number of aromatic nitrogens is 2. The number of hydrogen-bond acceptors (Lipinski definition) is 9. The average molecular weight is 802 g/mol. The molecule has 0 spiro atoms. The predicted molar refractivity (Wildman–Crippen MR) is 217 cm³/mol. The molecule has 0 aliphatic carbocycles. The van der Waals surface area contributed by atoms with Crippen molar-refractivity contribution in [3.63, 3.8) is 0 Å². The number of hydrogen-bond donors (Lipinski definition) is 3. The van der Waals surface area contributed by atoms with E-state index in [4.69, 9.17) is 15.5 Å². The third-order valence-corrected chi connectivity index (χ3v) is 12.3. The van der Waals surface area contributed by atoms with Crippen LogP contribution in [0.15, 0.2) is 54.7 Å². The van der Waals surface area contributed by atoms with Gasteiger partial charge in [-0.05, 0) is 92.4 Å². The molecule has 8 rings (SSSR count). The molecule has 310 valence electrons. The molecule has 4 N–H and O–H groups in total. The number of carbonyl (C=O) groups excluding carboxylic acids is 2. The van der Waals surface area contributed by atoms with Crippen molar-refractivity contribution in [1.29, 1.82) is 0 Å². The summed E-state index contributed by atoms with van der Waals surface area (Å²) >= 11 is 0. The molecule has 4 aliphatic rings.